The van der Waals surface area contributed by atoms with Gasteiger partial charge in [-0.2, -0.15) is 0 Å². The molecule has 1 fully saturated rings. The first-order valence-corrected chi connectivity index (χ1v) is 5.68. The Morgan fingerprint density at radius 1 is 1.54 bits per heavy atom. The molecule has 2 atom stereocenters. The van der Waals surface area contributed by atoms with Gasteiger partial charge in [-0.15, -0.1) is 0 Å². The van der Waals surface area contributed by atoms with Crippen LogP contribution < -0.4 is 5.32 Å². The molecule has 1 aliphatic heterocycles. The highest BCUT2D eigenvalue weighted by Crippen LogP contribution is 2.09. The predicted molar refractivity (Wildman–Crippen MR) is 58.0 cm³/mol. The minimum absolute atomic E-state index is 0.764. The van der Waals surface area contributed by atoms with Crippen molar-refractivity contribution in [3.63, 3.8) is 0 Å². The smallest absolute Gasteiger partial charge is 0.00644 e. The molecule has 0 saturated carbocycles. The van der Waals surface area contributed by atoms with Crippen LogP contribution in [0, 0.1) is 5.92 Å². The molecule has 78 valence electrons. The van der Waals surface area contributed by atoms with Crippen molar-refractivity contribution in [1.29, 1.82) is 0 Å². The lowest BCUT2D eigenvalue weighted by molar-refractivity contribution is 0.163. The molecule has 1 aliphatic rings. The molecule has 2 heteroatoms. The number of rotatable bonds is 2. The van der Waals surface area contributed by atoms with E-state index in [-0.39, 0.29) is 0 Å². The van der Waals surface area contributed by atoms with Crippen LogP contribution in [0.15, 0.2) is 0 Å². The summed E-state index contributed by atoms with van der Waals surface area (Å²) in [6.07, 6.45) is 2.58. The van der Waals surface area contributed by atoms with E-state index in [1.807, 2.05) is 0 Å². The normalized spacial score (nSPS) is 29.3. The maximum atomic E-state index is 3.49. The van der Waals surface area contributed by atoms with Gasteiger partial charge < -0.3 is 10.2 Å². The van der Waals surface area contributed by atoms with E-state index in [1.165, 1.54) is 39.0 Å². The molecule has 13 heavy (non-hydrogen) atoms. The van der Waals surface area contributed by atoms with Crippen LogP contribution in [0.4, 0.5) is 0 Å². The van der Waals surface area contributed by atoms with Crippen LogP contribution in [0.25, 0.3) is 0 Å². The summed E-state index contributed by atoms with van der Waals surface area (Å²) in [5, 5.41) is 3.49. The lowest BCUT2D eigenvalue weighted by atomic mass is 10.1. The highest BCUT2D eigenvalue weighted by atomic mass is 15.2. The van der Waals surface area contributed by atoms with Gasteiger partial charge in [0, 0.05) is 12.6 Å². The summed E-state index contributed by atoms with van der Waals surface area (Å²) >= 11 is 0. The average Bonchev–Trinajstić information content (AvgIpc) is 2.10. The highest BCUT2D eigenvalue weighted by Gasteiger charge is 2.16. The van der Waals surface area contributed by atoms with Crippen LogP contribution in [-0.2, 0) is 0 Å². The molecule has 0 aromatic rings. The van der Waals surface area contributed by atoms with E-state index >= 15 is 0 Å². The molecule has 0 bridgehead atoms. The Labute approximate surface area is 82.7 Å². The topological polar surface area (TPSA) is 15.3 Å². The van der Waals surface area contributed by atoms with Crippen LogP contribution in [-0.4, -0.2) is 37.1 Å². The van der Waals surface area contributed by atoms with Crippen molar-refractivity contribution in [2.75, 3.05) is 26.2 Å². The summed E-state index contributed by atoms with van der Waals surface area (Å²) < 4.78 is 0. The first-order chi connectivity index (χ1) is 6.24. The fourth-order valence-corrected chi connectivity index (χ4v) is 1.97. The Balaban J connectivity index is 2.40. The Kier molecular flexibility index (Phi) is 4.74. The first kappa shape index (κ1) is 11.0. The lowest BCUT2D eigenvalue weighted by Crippen LogP contribution is -2.42. The highest BCUT2D eigenvalue weighted by molar-refractivity contribution is 4.73. The maximum absolute atomic E-state index is 3.49. The van der Waals surface area contributed by atoms with Crippen molar-refractivity contribution in [2.24, 2.45) is 5.92 Å². The summed E-state index contributed by atoms with van der Waals surface area (Å²) in [7, 11) is 0. The van der Waals surface area contributed by atoms with Gasteiger partial charge in [0.2, 0.25) is 0 Å². The summed E-state index contributed by atoms with van der Waals surface area (Å²) in [5.41, 5.74) is 0. The van der Waals surface area contributed by atoms with Gasteiger partial charge in [0.1, 0.15) is 0 Å². The van der Waals surface area contributed by atoms with E-state index in [9.17, 15) is 0 Å². The van der Waals surface area contributed by atoms with E-state index < -0.39 is 0 Å². The Morgan fingerprint density at radius 2 is 2.31 bits per heavy atom. The molecule has 0 aromatic heterocycles. The van der Waals surface area contributed by atoms with Crippen molar-refractivity contribution in [3.8, 4) is 0 Å². The molecule has 0 spiro atoms. The Morgan fingerprint density at radius 3 is 3.00 bits per heavy atom. The zero-order valence-electron chi connectivity index (χ0n) is 9.34. The van der Waals surface area contributed by atoms with E-state index in [1.54, 1.807) is 0 Å². The molecule has 0 amide bonds. The average molecular weight is 184 g/mol. The van der Waals surface area contributed by atoms with Gasteiger partial charge in [-0.3, -0.25) is 0 Å². The van der Waals surface area contributed by atoms with Crippen molar-refractivity contribution in [1.82, 2.24) is 10.2 Å². The van der Waals surface area contributed by atoms with Gasteiger partial charge in [0.25, 0.3) is 0 Å². The van der Waals surface area contributed by atoms with Gasteiger partial charge in [-0.1, -0.05) is 13.8 Å². The van der Waals surface area contributed by atoms with Crippen molar-refractivity contribution < 1.29 is 0 Å². The van der Waals surface area contributed by atoms with Gasteiger partial charge in [0.15, 0.2) is 0 Å². The summed E-state index contributed by atoms with van der Waals surface area (Å²) in [6, 6.07) is 0.764. The third-order valence-electron chi connectivity index (χ3n) is 3.05. The Bertz CT molecular complexity index is 136. The molecule has 2 unspecified atom stereocenters. The number of nitrogens with one attached hydrogen (secondary N) is 1. The molecule has 1 rings (SSSR count). The second kappa shape index (κ2) is 5.61. The minimum atomic E-state index is 0.764. The van der Waals surface area contributed by atoms with Gasteiger partial charge >= 0.3 is 0 Å². The second-order valence-electron chi connectivity index (χ2n) is 4.42. The Hall–Kier alpha value is -0.0800. The van der Waals surface area contributed by atoms with Crippen LogP contribution >= 0.6 is 0 Å². The molecule has 0 aromatic carbocycles. The van der Waals surface area contributed by atoms with E-state index in [2.05, 4.69) is 31.0 Å². The standard InChI is InChI=1S/C11H24N2/c1-4-11(3)13-7-5-6-12-8-10(2)9-13/h10-12H,4-9H2,1-3H3. The van der Waals surface area contributed by atoms with Gasteiger partial charge in [0.05, 0.1) is 0 Å². The van der Waals surface area contributed by atoms with Gasteiger partial charge in [-0.25, -0.2) is 0 Å². The molecular formula is C11H24N2. The fraction of sp³-hybridized carbons (Fsp3) is 1.00. The van der Waals surface area contributed by atoms with Crippen LogP contribution in [0.2, 0.25) is 0 Å². The van der Waals surface area contributed by atoms with Crippen molar-refractivity contribution in [3.05, 3.63) is 0 Å². The number of nitrogens with zero attached hydrogens (tertiary/aromatic N) is 1. The van der Waals surface area contributed by atoms with Crippen LogP contribution in [0.3, 0.4) is 0 Å². The summed E-state index contributed by atoms with van der Waals surface area (Å²) in [4.78, 5) is 2.64. The summed E-state index contributed by atoms with van der Waals surface area (Å²) in [6.45, 7) is 11.9. The third kappa shape index (κ3) is 3.65. The van der Waals surface area contributed by atoms with Crippen molar-refractivity contribution in [2.45, 2.75) is 39.7 Å². The maximum Gasteiger partial charge on any atom is 0.00644 e. The molecule has 1 saturated heterocycles. The minimum Gasteiger partial charge on any atom is -0.316 e. The summed E-state index contributed by atoms with van der Waals surface area (Å²) in [5.74, 6) is 0.800. The largest absolute Gasteiger partial charge is 0.316 e. The lowest BCUT2D eigenvalue weighted by Gasteiger charge is -2.33. The van der Waals surface area contributed by atoms with E-state index in [0.717, 1.165) is 12.0 Å². The zero-order chi connectivity index (χ0) is 9.68. The number of hydrogen-bond acceptors (Lipinski definition) is 2. The molecule has 0 aliphatic carbocycles. The zero-order valence-corrected chi connectivity index (χ0v) is 9.34. The second-order valence-corrected chi connectivity index (χ2v) is 4.42. The fourth-order valence-electron chi connectivity index (χ4n) is 1.97. The number of hydrogen-bond donors (Lipinski definition) is 1. The molecule has 1 heterocycles. The van der Waals surface area contributed by atoms with Crippen molar-refractivity contribution >= 4 is 0 Å². The monoisotopic (exact) mass is 184 g/mol. The first-order valence-electron chi connectivity index (χ1n) is 5.68. The van der Waals surface area contributed by atoms with Crippen LogP contribution in [0.1, 0.15) is 33.6 Å². The SMILES string of the molecule is CCC(C)N1CCCNCC(C)C1. The van der Waals surface area contributed by atoms with Gasteiger partial charge in [-0.05, 0) is 45.3 Å². The molecular weight excluding hydrogens is 160 g/mol. The third-order valence-corrected chi connectivity index (χ3v) is 3.05. The van der Waals surface area contributed by atoms with Crippen LogP contribution in [0.5, 0.6) is 0 Å². The predicted octanol–water partition coefficient (Wildman–Crippen LogP) is 1.72. The molecule has 1 N–H and O–H groups in total. The van der Waals surface area contributed by atoms with E-state index in [4.69, 9.17) is 0 Å². The molecule has 0 radical (unpaired) electrons. The quantitative estimate of drug-likeness (QED) is 0.703. The molecule has 2 nitrogen and oxygen atoms in total. The van der Waals surface area contributed by atoms with E-state index in [0.29, 0.717) is 0 Å².